The highest BCUT2D eigenvalue weighted by molar-refractivity contribution is 5.35. The molecule has 100 valence electrons. The van der Waals surface area contributed by atoms with Gasteiger partial charge in [0.2, 0.25) is 0 Å². The van der Waals surface area contributed by atoms with Crippen LogP contribution in [0.2, 0.25) is 0 Å². The van der Waals surface area contributed by atoms with Gasteiger partial charge in [-0.1, -0.05) is 18.2 Å². The van der Waals surface area contributed by atoms with Crippen molar-refractivity contribution in [3.8, 4) is 11.6 Å². The maximum atomic E-state index is 12.0. The summed E-state index contributed by atoms with van der Waals surface area (Å²) < 4.78 is 7.21. The van der Waals surface area contributed by atoms with Gasteiger partial charge >= 0.3 is 5.56 Å². The number of hydrogen-bond donors (Lipinski definition) is 1. The normalized spacial score (nSPS) is 10.4. The molecule has 0 aliphatic heterocycles. The highest BCUT2D eigenvalue weighted by Gasteiger charge is 2.09. The second kappa shape index (κ2) is 6.15. The number of aromatic nitrogens is 2. The van der Waals surface area contributed by atoms with Crippen molar-refractivity contribution in [1.82, 2.24) is 14.9 Å². The van der Waals surface area contributed by atoms with E-state index in [1.54, 1.807) is 17.0 Å². The van der Waals surface area contributed by atoms with Crippen molar-refractivity contribution in [2.24, 2.45) is 0 Å². The van der Waals surface area contributed by atoms with E-state index in [4.69, 9.17) is 4.74 Å². The maximum absolute atomic E-state index is 12.0. The van der Waals surface area contributed by atoms with Crippen LogP contribution < -0.4 is 15.6 Å². The van der Waals surface area contributed by atoms with Gasteiger partial charge in [0, 0.05) is 31.0 Å². The van der Waals surface area contributed by atoms with Crippen LogP contribution in [0.4, 0.5) is 0 Å². The zero-order chi connectivity index (χ0) is 13.7. The standard InChI is InChI=1S/C14H17N3O2/c1-3-17-9-8-16-13(14(17)18)19-12-7-5-4-6-11(12)10-15-2/h4-9,15H,3,10H2,1-2H3. The topological polar surface area (TPSA) is 56.1 Å². The first-order valence-electron chi connectivity index (χ1n) is 6.22. The molecule has 1 heterocycles. The van der Waals surface area contributed by atoms with E-state index in [2.05, 4.69) is 10.3 Å². The summed E-state index contributed by atoms with van der Waals surface area (Å²) in [6, 6.07) is 7.59. The minimum Gasteiger partial charge on any atom is -0.434 e. The third kappa shape index (κ3) is 3.00. The average molecular weight is 259 g/mol. The summed E-state index contributed by atoms with van der Waals surface area (Å²) in [5, 5.41) is 3.06. The van der Waals surface area contributed by atoms with E-state index < -0.39 is 0 Å². The number of nitrogens with zero attached hydrogens (tertiary/aromatic N) is 2. The van der Waals surface area contributed by atoms with Crippen LogP contribution in [-0.4, -0.2) is 16.6 Å². The van der Waals surface area contributed by atoms with Crippen molar-refractivity contribution in [2.45, 2.75) is 20.0 Å². The second-order valence-corrected chi connectivity index (χ2v) is 4.06. The van der Waals surface area contributed by atoms with Crippen molar-refractivity contribution in [3.63, 3.8) is 0 Å². The number of aryl methyl sites for hydroxylation is 1. The first kappa shape index (κ1) is 13.3. The van der Waals surface area contributed by atoms with Gasteiger partial charge in [0.15, 0.2) is 0 Å². The first-order valence-corrected chi connectivity index (χ1v) is 6.22. The Morgan fingerprint density at radius 1 is 1.37 bits per heavy atom. The Kier molecular flexibility index (Phi) is 4.30. The first-order chi connectivity index (χ1) is 9.26. The van der Waals surface area contributed by atoms with Gasteiger partial charge in [0.25, 0.3) is 5.88 Å². The van der Waals surface area contributed by atoms with Crippen LogP contribution in [0.1, 0.15) is 12.5 Å². The van der Waals surface area contributed by atoms with Crippen LogP contribution >= 0.6 is 0 Å². The van der Waals surface area contributed by atoms with Gasteiger partial charge in [-0.3, -0.25) is 4.79 Å². The Balaban J connectivity index is 2.34. The van der Waals surface area contributed by atoms with Gasteiger partial charge in [-0.15, -0.1) is 0 Å². The fourth-order valence-corrected chi connectivity index (χ4v) is 1.79. The number of ether oxygens (including phenoxy) is 1. The molecule has 19 heavy (non-hydrogen) atoms. The molecule has 0 spiro atoms. The van der Waals surface area contributed by atoms with Gasteiger partial charge in [0.05, 0.1) is 0 Å². The van der Waals surface area contributed by atoms with E-state index in [0.29, 0.717) is 18.8 Å². The number of nitrogens with one attached hydrogen (secondary N) is 1. The van der Waals surface area contributed by atoms with E-state index in [9.17, 15) is 4.79 Å². The van der Waals surface area contributed by atoms with Crippen LogP contribution in [0.15, 0.2) is 41.5 Å². The van der Waals surface area contributed by atoms with E-state index in [1.807, 2.05) is 38.2 Å². The molecule has 5 nitrogen and oxygen atoms in total. The Morgan fingerprint density at radius 2 is 2.16 bits per heavy atom. The van der Waals surface area contributed by atoms with Gasteiger partial charge in [-0.05, 0) is 20.0 Å². The molecule has 0 aliphatic carbocycles. The number of benzene rings is 1. The lowest BCUT2D eigenvalue weighted by Crippen LogP contribution is -2.20. The summed E-state index contributed by atoms with van der Waals surface area (Å²) in [6.07, 6.45) is 3.22. The fraction of sp³-hybridized carbons (Fsp3) is 0.286. The molecule has 0 aliphatic rings. The zero-order valence-corrected chi connectivity index (χ0v) is 11.1. The zero-order valence-electron chi connectivity index (χ0n) is 11.1. The Morgan fingerprint density at radius 3 is 2.89 bits per heavy atom. The van der Waals surface area contributed by atoms with Gasteiger partial charge in [-0.2, -0.15) is 0 Å². The Labute approximate surface area is 111 Å². The van der Waals surface area contributed by atoms with Gasteiger partial charge in [-0.25, -0.2) is 4.98 Å². The van der Waals surface area contributed by atoms with Crippen molar-refractivity contribution >= 4 is 0 Å². The highest BCUT2D eigenvalue weighted by atomic mass is 16.5. The molecule has 2 rings (SSSR count). The molecule has 0 atom stereocenters. The number of hydrogen-bond acceptors (Lipinski definition) is 4. The number of rotatable bonds is 5. The van der Waals surface area contributed by atoms with E-state index >= 15 is 0 Å². The minimum atomic E-state index is -0.218. The third-order valence-electron chi connectivity index (χ3n) is 2.77. The fourth-order valence-electron chi connectivity index (χ4n) is 1.79. The van der Waals surface area contributed by atoms with E-state index in [-0.39, 0.29) is 11.4 Å². The summed E-state index contributed by atoms with van der Waals surface area (Å²) in [5.74, 6) is 0.753. The smallest absolute Gasteiger partial charge is 0.313 e. The van der Waals surface area contributed by atoms with E-state index in [1.165, 1.54) is 0 Å². The van der Waals surface area contributed by atoms with Crippen LogP contribution in [-0.2, 0) is 13.1 Å². The summed E-state index contributed by atoms with van der Waals surface area (Å²) >= 11 is 0. The molecular formula is C14H17N3O2. The molecular weight excluding hydrogens is 242 g/mol. The quantitative estimate of drug-likeness (QED) is 0.889. The monoisotopic (exact) mass is 259 g/mol. The van der Waals surface area contributed by atoms with Crippen LogP contribution in [0, 0.1) is 0 Å². The van der Waals surface area contributed by atoms with Crippen molar-refractivity contribution < 1.29 is 4.74 Å². The van der Waals surface area contributed by atoms with Crippen LogP contribution in [0.3, 0.4) is 0 Å². The molecule has 1 aromatic heterocycles. The minimum absolute atomic E-state index is 0.105. The molecule has 0 fully saturated rings. The van der Waals surface area contributed by atoms with Crippen LogP contribution in [0.25, 0.3) is 0 Å². The maximum Gasteiger partial charge on any atom is 0.313 e. The van der Waals surface area contributed by atoms with Crippen molar-refractivity contribution in [1.29, 1.82) is 0 Å². The summed E-state index contributed by atoms with van der Waals surface area (Å²) in [5.41, 5.74) is 0.766. The van der Waals surface area contributed by atoms with Crippen LogP contribution in [0.5, 0.6) is 11.6 Å². The van der Waals surface area contributed by atoms with Gasteiger partial charge < -0.3 is 14.6 Å². The lowest BCUT2D eigenvalue weighted by Gasteiger charge is -2.10. The molecule has 0 radical (unpaired) electrons. The largest absolute Gasteiger partial charge is 0.434 e. The number of para-hydroxylation sites is 1. The summed E-state index contributed by atoms with van der Waals surface area (Å²) in [4.78, 5) is 16.0. The van der Waals surface area contributed by atoms with Crippen molar-refractivity contribution in [2.75, 3.05) is 7.05 Å². The Hall–Kier alpha value is -2.14. The summed E-state index contributed by atoms with van der Waals surface area (Å²) in [7, 11) is 1.86. The molecule has 5 heteroatoms. The average Bonchev–Trinajstić information content (AvgIpc) is 2.43. The van der Waals surface area contributed by atoms with E-state index in [0.717, 1.165) is 5.56 Å². The predicted octanol–water partition coefficient (Wildman–Crippen LogP) is 1.77. The summed E-state index contributed by atoms with van der Waals surface area (Å²) in [6.45, 7) is 3.17. The SMILES string of the molecule is CCn1ccnc(Oc2ccccc2CNC)c1=O. The highest BCUT2D eigenvalue weighted by Crippen LogP contribution is 2.21. The molecule has 1 aromatic carbocycles. The molecule has 0 unspecified atom stereocenters. The lowest BCUT2D eigenvalue weighted by molar-refractivity contribution is 0.439. The molecule has 0 amide bonds. The molecule has 1 N–H and O–H groups in total. The predicted molar refractivity (Wildman–Crippen MR) is 73.5 cm³/mol. The third-order valence-corrected chi connectivity index (χ3v) is 2.77. The molecule has 0 saturated heterocycles. The van der Waals surface area contributed by atoms with Gasteiger partial charge in [0.1, 0.15) is 5.75 Å². The second-order valence-electron chi connectivity index (χ2n) is 4.06. The molecule has 2 aromatic rings. The van der Waals surface area contributed by atoms with Crippen molar-refractivity contribution in [3.05, 3.63) is 52.6 Å². The molecule has 0 bridgehead atoms. The lowest BCUT2D eigenvalue weighted by atomic mass is 10.2. The molecule has 0 saturated carbocycles. The Bertz CT molecular complexity index is 608.